The van der Waals surface area contributed by atoms with Gasteiger partial charge in [0.2, 0.25) is 0 Å². The van der Waals surface area contributed by atoms with Crippen molar-refractivity contribution < 1.29 is 9.90 Å². The minimum atomic E-state index is -0.475. The first-order valence-electron chi connectivity index (χ1n) is 7.10. The maximum Gasteiger partial charge on any atom is 0.259 e. The minimum Gasteiger partial charge on any atom is -0.506 e. The first-order valence-corrected chi connectivity index (χ1v) is 8.68. The first kappa shape index (κ1) is 17.6. The maximum atomic E-state index is 12.6. The van der Waals surface area contributed by atoms with E-state index in [1.54, 1.807) is 36.4 Å². The molecule has 0 heterocycles. The Bertz CT molecular complexity index is 1050. The van der Waals surface area contributed by atoms with Crippen LogP contribution in [0.5, 0.6) is 5.75 Å². The number of anilines is 1. The number of amides is 1. The molecule has 0 radical (unpaired) electrons. The zero-order valence-corrected chi connectivity index (χ0v) is 15.7. The van der Waals surface area contributed by atoms with E-state index in [9.17, 15) is 9.90 Å². The van der Waals surface area contributed by atoms with Crippen LogP contribution in [-0.2, 0) is 0 Å². The average Bonchev–Trinajstić information content (AvgIpc) is 2.60. The Balaban J connectivity index is 1.98. The molecular weight excluding hydrogens is 424 g/mol. The van der Waals surface area contributed by atoms with Gasteiger partial charge in [0.05, 0.1) is 27.1 Å². The van der Waals surface area contributed by atoms with Gasteiger partial charge < -0.3 is 10.4 Å². The summed E-state index contributed by atoms with van der Waals surface area (Å²) in [6.07, 6.45) is 0. The lowest BCUT2D eigenvalue weighted by atomic mass is 10.0. The van der Waals surface area contributed by atoms with E-state index >= 15 is 0 Å². The predicted molar refractivity (Wildman–Crippen MR) is 107 cm³/mol. The van der Waals surface area contributed by atoms with Crippen LogP contribution in [0.2, 0.25) is 5.02 Å². The van der Waals surface area contributed by atoms with Crippen LogP contribution in [0, 0.1) is 0 Å². The number of isothiocyanates is 1. The van der Waals surface area contributed by atoms with Gasteiger partial charge in [-0.2, -0.15) is 4.99 Å². The number of phenols is 1. The van der Waals surface area contributed by atoms with Gasteiger partial charge in [0.1, 0.15) is 5.75 Å². The second-order valence-corrected chi connectivity index (χ2v) is 6.57. The summed E-state index contributed by atoms with van der Waals surface area (Å²) in [4.78, 5) is 16.4. The van der Waals surface area contributed by atoms with Gasteiger partial charge >= 0.3 is 0 Å². The van der Waals surface area contributed by atoms with Crippen LogP contribution < -0.4 is 5.32 Å². The van der Waals surface area contributed by atoms with Crippen LogP contribution in [0.4, 0.5) is 11.4 Å². The van der Waals surface area contributed by atoms with Crippen molar-refractivity contribution in [3.8, 4) is 5.75 Å². The van der Waals surface area contributed by atoms with Gasteiger partial charge in [-0.25, -0.2) is 0 Å². The van der Waals surface area contributed by atoms with Crippen molar-refractivity contribution in [3.05, 3.63) is 63.6 Å². The molecule has 2 N–H and O–H groups in total. The van der Waals surface area contributed by atoms with E-state index in [0.29, 0.717) is 26.3 Å². The highest BCUT2D eigenvalue weighted by atomic mass is 79.9. The van der Waals surface area contributed by atoms with E-state index in [0.717, 1.165) is 5.39 Å². The third-order valence-electron chi connectivity index (χ3n) is 3.59. The zero-order valence-electron chi connectivity index (χ0n) is 12.6. The lowest BCUT2D eigenvalue weighted by molar-refractivity contribution is 0.102. The van der Waals surface area contributed by atoms with E-state index < -0.39 is 5.91 Å². The normalized spacial score (nSPS) is 10.3. The quantitative estimate of drug-likeness (QED) is 0.396. The highest BCUT2D eigenvalue weighted by molar-refractivity contribution is 9.10. The molecule has 0 atom stereocenters. The summed E-state index contributed by atoms with van der Waals surface area (Å²) in [6, 6.07) is 13.7. The molecule has 0 saturated carbocycles. The summed E-state index contributed by atoms with van der Waals surface area (Å²) < 4.78 is 0.711. The number of fused-ring (bicyclic) bond motifs is 1. The fraction of sp³-hybridized carbons (Fsp3) is 0. The van der Waals surface area contributed by atoms with Crippen molar-refractivity contribution >= 4 is 73.0 Å². The van der Waals surface area contributed by atoms with E-state index in [1.165, 1.54) is 0 Å². The lowest BCUT2D eigenvalue weighted by Crippen LogP contribution is -2.12. The van der Waals surface area contributed by atoms with Crippen molar-refractivity contribution in [1.82, 2.24) is 0 Å². The number of rotatable bonds is 3. The molecule has 25 heavy (non-hydrogen) atoms. The molecule has 124 valence electrons. The number of aliphatic imine (C=N–C) groups is 1. The number of phenolic OH excluding ortho intramolecular Hbond substituents is 1. The highest BCUT2D eigenvalue weighted by Crippen LogP contribution is 2.35. The third kappa shape index (κ3) is 3.57. The van der Waals surface area contributed by atoms with Crippen molar-refractivity contribution in [3.63, 3.8) is 0 Å². The molecule has 0 saturated heterocycles. The summed E-state index contributed by atoms with van der Waals surface area (Å²) in [7, 11) is 0. The van der Waals surface area contributed by atoms with Gasteiger partial charge in [0.15, 0.2) is 0 Å². The number of aromatic hydroxyl groups is 1. The molecule has 3 aromatic carbocycles. The van der Waals surface area contributed by atoms with Crippen LogP contribution in [0.3, 0.4) is 0 Å². The lowest BCUT2D eigenvalue weighted by Gasteiger charge is -2.11. The number of carbonyl (C=O) groups excluding carboxylic acids is 1. The van der Waals surface area contributed by atoms with Crippen LogP contribution in [0.1, 0.15) is 10.4 Å². The third-order valence-corrected chi connectivity index (χ3v) is 4.65. The number of halogens is 2. The standard InChI is InChI=1S/C18H10BrClN2O2S/c19-14-8-13(17(23)12-4-2-1-3-11(12)14)18(24)22-16-6-5-10(21-9-25)7-15(16)20/h1-8,23H,(H,22,24). The van der Waals surface area contributed by atoms with Crippen molar-refractivity contribution in [2.45, 2.75) is 0 Å². The molecule has 7 heteroatoms. The van der Waals surface area contributed by atoms with Gasteiger partial charge in [-0.05, 0) is 41.9 Å². The molecule has 3 aromatic rings. The molecule has 0 aliphatic heterocycles. The monoisotopic (exact) mass is 432 g/mol. The molecule has 3 rings (SSSR count). The van der Waals surface area contributed by atoms with E-state index in [-0.39, 0.29) is 11.3 Å². The second kappa shape index (κ2) is 7.33. The SMILES string of the molecule is O=C(Nc1ccc(N=C=S)cc1Cl)c1cc(Br)c2ccccc2c1O. The molecule has 1 amide bonds. The average molecular weight is 434 g/mol. The van der Waals surface area contributed by atoms with Gasteiger partial charge in [-0.1, -0.05) is 51.8 Å². The molecule has 0 unspecified atom stereocenters. The van der Waals surface area contributed by atoms with Crippen molar-refractivity contribution in [2.24, 2.45) is 4.99 Å². The Hall–Kier alpha value is -2.24. The van der Waals surface area contributed by atoms with Crippen molar-refractivity contribution in [1.29, 1.82) is 0 Å². The van der Waals surface area contributed by atoms with Crippen LogP contribution in [0.15, 0.2) is 58.0 Å². The molecule has 0 fully saturated rings. The predicted octanol–water partition coefficient (Wildman–Crippen LogP) is 5.95. The maximum absolute atomic E-state index is 12.6. The van der Waals surface area contributed by atoms with Crippen molar-refractivity contribution in [2.75, 3.05) is 5.32 Å². The number of benzene rings is 3. The number of carbonyl (C=O) groups is 1. The number of hydrogen-bond donors (Lipinski definition) is 2. The zero-order chi connectivity index (χ0) is 18.0. The number of hydrogen-bond acceptors (Lipinski definition) is 4. The molecule has 0 aromatic heterocycles. The Morgan fingerprint density at radius 2 is 1.92 bits per heavy atom. The summed E-state index contributed by atoms with van der Waals surface area (Å²) in [5.41, 5.74) is 1.08. The minimum absolute atomic E-state index is 0.0886. The van der Waals surface area contributed by atoms with E-state index in [2.05, 4.69) is 43.6 Å². The molecule has 0 aliphatic rings. The highest BCUT2D eigenvalue weighted by Gasteiger charge is 2.17. The van der Waals surface area contributed by atoms with Gasteiger partial charge in [0.25, 0.3) is 5.91 Å². The van der Waals surface area contributed by atoms with Gasteiger partial charge in [0, 0.05) is 9.86 Å². The second-order valence-electron chi connectivity index (χ2n) is 5.12. The summed E-state index contributed by atoms with van der Waals surface area (Å²) in [6.45, 7) is 0. The largest absolute Gasteiger partial charge is 0.506 e. The molecule has 0 bridgehead atoms. The smallest absolute Gasteiger partial charge is 0.259 e. The first-order chi connectivity index (χ1) is 12.0. The Kier molecular flexibility index (Phi) is 5.16. The molecular formula is C18H10BrClN2O2S. The fourth-order valence-corrected chi connectivity index (χ4v) is 3.31. The molecule has 4 nitrogen and oxygen atoms in total. The fourth-order valence-electron chi connectivity index (χ4n) is 2.41. The number of nitrogens with zero attached hydrogens (tertiary/aromatic N) is 1. The molecule has 0 spiro atoms. The van der Waals surface area contributed by atoms with Gasteiger partial charge in [-0.15, -0.1) is 0 Å². The number of thiocarbonyl (C=S) groups is 1. The summed E-state index contributed by atoms with van der Waals surface area (Å²) >= 11 is 14.1. The van der Waals surface area contributed by atoms with Gasteiger partial charge in [-0.3, -0.25) is 4.79 Å². The summed E-state index contributed by atoms with van der Waals surface area (Å²) in [5.74, 6) is -0.564. The van der Waals surface area contributed by atoms with E-state index in [4.69, 9.17) is 11.6 Å². The Morgan fingerprint density at radius 1 is 1.20 bits per heavy atom. The van der Waals surface area contributed by atoms with E-state index in [1.807, 2.05) is 12.1 Å². The molecule has 0 aliphatic carbocycles. The Morgan fingerprint density at radius 3 is 2.60 bits per heavy atom. The topological polar surface area (TPSA) is 61.7 Å². The van der Waals surface area contributed by atoms with Crippen LogP contribution >= 0.6 is 39.7 Å². The van der Waals surface area contributed by atoms with Crippen LogP contribution in [-0.4, -0.2) is 16.2 Å². The Labute approximate surface area is 162 Å². The number of nitrogens with one attached hydrogen (secondary N) is 1. The van der Waals surface area contributed by atoms with Crippen LogP contribution in [0.25, 0.3) is 10.8 Å². The summed E-state index contributed by atoms with van der Waals surface area (Å²) in [5, 5.41) is 17.1.